The molecule has 0 fully saturated rings. The lowest BCUT2D eigenvalue weighted by atomic mass is 9.94. The fraction of sp³-hybridized carbons (Fsp3) is 0.308. The SMILES string of the molecule is CCc1c(/C=C/C(=O)O)cc(C(F)(F)F)cc1C(F)(F)F. The van der Waals surface area contributed by atoms with E-state index in [0.717, 1.165) is 6.08 Å². The Balaban J connectivity index is 3.64. The molecule has 0 spiro atoms. The molecular weight excluding hydrogens is 302 g/mol. The molecule has 0 atom stereocenters. The van der Waals surface area contributed by atoms with Crippen LogP contribution in [0.25, 0.3) is 6.08 Å². The van der Waals surface area contributed by atoms with Crippen molar-refractivity contribution in [2.24, 2.45) is 0 Å². The van der Waals surface area contributed by atoms with Crippen LogP contribution in [0.4, 0.5) is 26.3 Å². The Kier molecular flexibility index (Phi) is 4.70. The highest BCUT2D eigenvalue weighted by Gasteiger charge is 2.38. The van der Waals surface area contributed by atoms with E-state index in [0.29, 0.717) is 12.1 Å². The van der Waals surface area contributed by atoms with Crippen LogP contribution in [-0.4, -0.2) is 11.1 Å². The molecule has 0 aromatic heterocycles. The van der Waals surface area contributed by atoms with Gasteiger partial charge in [0.05, 0.1) is 11.1 Å². The van der Waals surface area contributed by atoms with E-state index in [-0.39, 0.29) is 18.1 Å². The summed E-state index contributed by atoms with van der Waals surface area (Å²) in [6.07, 6.45) is -8.89. The number of hydrogen-bond acceptors (Lipinski definition) is 1. The molecule has 0 heterocycles. The van der Waals surface area contributed by atoms with Crippen molar-refractivity contribution >= 4 is 12.0 Å². The molecule has 2 nitrogen and oxygen atoms in total. The van der Waals surface area contributed by atoms with Gasteiger partial charge in [-0.15, -0.1) is 0 Å². The van der Waals surface area contributed by atoms with Crippen molar-refractivity contribution in [3.8, 4) is 0 Å². The van der Waals surface area contributed by atoms with Crippen molar-refractivity contribution in [3.05, 3.63) is 40.5 Å². The molecule has 0 aliphatic rings. The Labute approximate surface area is 115 Å². The molecule has 0 radical (unpaired) electrons. The van der Waals surface area contributed by atoms with Crippen LogP contribution < -0.4 is 0 Å². The Morgan fingerprint density at radius 1 is 1.14 bits per heavy atom. The maximum atomic E-state index is 12.9. The molecular formula is C13H10F6O2. The average Bonchev–Trinajstić information content (AvgIpc) is 2.32. The van der Waals surface area contributed by atoms with Crippen molar-refractivity contribution in [2.75, 3.05) is 0 Å². The number of carbonyl (C=O) groups is 1. The first-order valence-corrected chi connectivity index (χ1v) is 5.69. The van der Waals surface area contributed by atoms with Gasteiger partial charge in [-0.3, -0.25) is 0 Å². The van der Waals surface area contributed by atoms with Gasteiger partial charge in [0, 0.05) is 6.08 Å². The fourth-order valence-electron chi connectivity index (χ4n) is 1.82. The standard InChI is InChI=1S/C13H10F6O2/c1-2-9-7(3-4-11(20)21)5-8(12(14,15)16)6-10(9)13(17,18)19/h3-6H,2H2,1H3,(H,20,21)/b4-3+. The van der Waals surface area contributed by atoms with E-state index in [1.54, 1.807) is 0 Å². The van der Waals surface area contributed by atoms with E-state index >= 15 is 0 Å². The van der Waals surface area contributed by atoms with Gasteiger partial charge in [0.25, 0.3) is 0 Å². The summed E-state index contributed by atoms with van der Waals surface area (Å²) < 4.78 is 76.6. The maximum Gasteiger partial charge on any atom is 0.416 e. The normalized spacial score (nSPS) is 12.9. The largest absolute Gasteiger partial charge is 0.478 e. The van der Waals surface area contributed by atoms with Crippen LogP contribution in [0.15, 0.2) is 18.2 Å². The first-order chi connectivity index (χ1) is 9.46. The van der Waals surface area contributed by atoms with Gasteiger partial charge >= 0.3 is 18.3 Å². The van der Waals surface area contributed by atoms with E-state index < -0.39 is 35.0 Å². The summed E-state index contributed by atoms with van der Waals surface area (Å²) in [7, 11) is 0. The zero-order valence-corrected chi connectivity index (χ0v) is 10.6. The summed E-state index contributed by atoms with van der Waals surface area (Å²) in [6.45, 7) is 1.34. The van der Waals surface area contributed by atoms with Crippen molar-refractivity contribution in [3.63, 3.8) is 0 Å². The quantitative estimate of drug-likeness (QED) is 0.664. The Morgan fingerprint density at radius 3 is 2.10 bits per heavy atom. The number of carboxylic acids is 1. The number of halogens is 6. The van der Waals surface area contributed by atoms with Crippen LogP contribution in [-0.2, 0) is 23.6 Å². The molecule has 0 saturated heterocycles. The second kappa shape index (κ2) is 5.79. The summed E-state index contributed by atoms with van der Waals surface area (Å²) in [5, 5.41) is 8.47. The first-order valence-electron chi connectivity index (χ1n) is 5.69. The topological polar surface area (TPSA) is 37.3 Å². The van der Waals surface area contributed by atoms with Crippen LogP contribution in [0.2, 0.25) is 0 Å². The second-order valence-electron chi connectivity index (χ2n) is 4.11. The predicted octanol–water partition coefficient (Wildman–Crippen LogP) is 4.38. The minimum atomic E-state index is -4.96. The summed E-state index contributed by atoms with van der Waals surface area (Å²) in [6, 6.07) is 0.546. The van der Waals surface area contributed by atoms with Crippen molar-refractivity contribution in [1.29, 1.82) is 0 Å². The van der Waals surface area contributed by atoms with Gasteiger partial charge in [0.15, 0.2) is 0 Å². The minimum Gasteiger partial charge on any atom is -0.478 e. The predicted molar refractivity (Wildman–Crippen MR) is 62.5 cm³/mol. The van der Waals surface area contributed by atoms with E-state index in [1.165, 1.54) is 6.92 Å². The van der Waals surface area contributed by atoms with E-state index in [1.807, 2.05) is 0 Å². The summed E-state index contributed by atoms with van der Waals surface area (Å²) in [4.78, 5) is 10.4. The molecule has 1 N–H and O–H groups in total. The van der Waals surface area contributed by atoms with Gasteiger partial charge in [-0.25, -0.2) is 4.79 Å². The van der Waals surface area contributed by atoms with Gasteiger partial charge in [-0.2, -0.15) is 26.3 Å². The molecule has 0 aliphatic carbocycles. The number of alkyl halides is 6. The molecule has 8 heteroatoms. The lowest BCUT2D eigenvalue weighted by Crippen LogP contribution is -2.14. The van der Waals surface area contributed by atoms with Crippen LogP contribution in [0.5, 0.6) is 0 Å². The third-order valence-electron chi connectivity index (χ3n) is 2.68. The Hall–Kier alpha value is -1.99. The number of benzene rings is 1. The Morgan fingerprint density at radius 2 is 1.71 bits per heavy atom. The van der Waals surface area contributed by atoms with Crippen molar-refractivity contribution in [2.45, 2.75) is 25.7 Å². The number of hydrogen-bond donors (Lipinski definition) is 1. The highest BCUT2D eigenvalue weighted by atomic mass is 19.4. The molecule has 1 aromatic carbocycles. The maximum absolute atomic E-state index is 12.9. The third-order valence-corrected chi connectivity index (χ3v) is 2.68. The smallest absolute Gasteiger partial charge is 0.416 e. The average molecular weight is 312 g/mol. The number of aliphatic carboxylic acids is 1. The Bertz CT molecular complexity index is 569. The minimum absolute atomic E-state index is 0.0386. The van der Waals surface area contributed by atoms with Gasteiger partial charge < -0.3 is 5.11 Å². The van der Waals surface area contributed by atoms with Crippen molar-refractivity contribution < 1.29 is 36.2 Å². The summed E-state index contributed by atoms with van der Waals surface area (Å²) in [5.74, 6) is -1.47. The summed E-state index contributed by atoms with van der Waals surface area (Å²) in [5.41, 5.74) is -3.68. The third kappa shape index (κ3) is 4.24. The van der Waals surface area contributed by atoms with Crippen LogP contribution in [0.1, 0.15) is 29.2 Å². The molecule has 21 heavy (non-hydrogen) atoms. The monoisotopic (exact) mass is 312 g/mol. The van der Waals surface area contributed by atoms with Crippen LogP contribution >= 0.6 is 0 Å². The van der Waals surface area contributed by atoms with E-state index in [4.69, 9.17) is 5.11 Å². The first kappa shape index (κ1) is 17.1. The lowest BCUT2D eigenvalue weighted by Gasteiger charge is -2.17. The molecule has 0 aliphatic heterocycles. The fourth-order valence-corrected chi connectivity index (χ4v) is 1.82. The lowest BCUT2D eigenvalue weighted by molar-refractivity contribution is -0.143. The van der Waals surface area contributed by atoms with Gasteiger partial charge in [0.2, 0.25) is 0 Å². The van der Waals surface area contributed by atoms with E-state index in [2.05, 4.69) is 0 Å². The highest BCUT2D eigenvalue weighted by molar-refractivity contribution is 5.85. The molecule has 0 unspecified atom stereocenters. The highest BCUT2D eigenvalue weighted by Crippen LogP contribution is 2.39. The van der Waals surface area contributed by atoms with Crippen LogP contribution in [0.3, 0.4) is 0 Å². The molecule has 0 saturated carbocycles. The number of carboxylic acid groups (broad SMARTS) is 1. The second-order valence-corrected chi connectivity index (χ2v) is 4.11. The molecule has 0 bridgehead atoms. The zero-order chi connectivity index (χ0) is 16.4. The molecule has 116 valence electrons. The van der Waals surface area contributed by atoms with Gasteiger partial charge in [0.1, 0.15) is 0 Å². The molecule has 1 rings (SSSR count). The van der Waals surface area contributed by atoms with Crippen molar-refractivity contribution in [1.82, 2.24) is 0 Å². The van der Waals surface area contributed by atoms with E-state index in [9.17, 15) is 31.1 Å². The zero-order valence-electron chi connectivity index (χ0n) is 10.6. The number of rotatable bonds is 3. The molecule has 1 aromatic rings. The van der Waals surface area contributed by atoms with Gasteiger partial charge in [-0.1, -0.05) is 6.92 Å². The summed E-state index contributed by atoms with van der Waals surface area (Å²) >= 11 is 0. The van der Waals surface area contributed by atoms with Gasteiger partial charge in [-0.05, 0) is 35.8 Å². The van der Waals surface area contributed by atoms with Crippen LogP contribution in [0, 0.1) is 0 Å². The molecule has 0 amide bonds.